The molecule has 20 heavy (non-hydrogen) atoms. The number of aromatic nitrogens is 4. The topological polar surface area (TPSA) is 99.9 Å². The highest BCUT2D eigenvalue weighted by atomic mass is 16.6. The van der Waals surface area contributed by atoms with Gasteiger partial charge in [0.05, 0.1) is 4.92 Å². The smallest absolute Gasteiger partial charge is 0.312 e. The van der Waals surface area contributed by atoms with Crippen LogP contribution in [0.25, 0.3) is 0 Å². The lowest BCUT2D eigenvalue weighted by molar-refractivity contribution is -0.386. The lowest BCUT2D eigenvalue weighted by Gasteiger charge is -1.98. The van der Waals surface area contributed by atoms with E-state index in [9.17, 15) is 10.1 Å². The molecule has 8 nitrogen and oxygen atoms in total. The van der Waals surface area contributed by atoms with Crippen LogP contribution in [0.1, 0.15) is 37.0 Å². The highest BCUT2D eigenvalue weighted by molar-refractivity contribution is 5.39. The standard InChI is InChI=1S/C12H17N5O3/c1-7(2)5-11-13-10(15-20-11)6-16-9(4)12(17(18)19)8(3)14-16/h7H,5-6H2,1-4H3. The van der Waals surface area contributed by atoms with Crippen LogP contribution in [0.4, 0.5) is 5.69 Å². The summed E-state index contributed by atoms with van der Waals surface area (Å²) in [5, 5.41) is 19.0. The van der Waals surface area contributed by atoms with E-state index in [0.717, 1.165) is 0 Å². The van der Waals surface area contributed by atoms with Gasteiger partial charge >= 0.3 is 5.69 Å². The van der Waals surface area contributed by atoms with Crippen molar-refractivity contribution in [1.82, 2.24) is 19.9 Å². The van der Waals surface area contributed by atoms with E-state index in [2.05, 4.69) is 29.1 Å². The quantitative estimate of drug-likeness (QED) is 0.613. The van der Waals surface area contributed by atoms with Crippen LogP contribution < -0.4 is 0 Å². The number of aryl methyl sites for hydroxylation is 1. The molecule has 0 saturated heterocycles. The monoisotopic (exact) mass is 279 g/mol. The predicted molar refractivity (Wildman–Crippen MR) is 70.3 cm³/mol. The first-order valence-corrected chi connectivity index (χ1v) is 6.38. The molecule has 108 valence electrons. The van der Waals surface area contributed by atoms with Crippen LogP contribution in [0.2, 0.25) is 0 Å². The van der Waals surface area contributed by atoms with Crippen LogP contribution in [0, 0.1) is 29.9 Å². The molecule has 0 aliphatic rings. The van der Waals surface area contributed by atoms with Crippen molar-refractivity contribution in [2.24, 2.45) is 5.92 Å². The van der Waals surface area contributed by atoms with Gasteiger partial charge in [-0.25, -0.2) is 0 Å². The summed E-state index contributed by atoms with van der Waals surface area (Å²) in [6.07, 6.45) is 0.713. The molecule has 0 aromatic carbocycles. The van der Waals surface area contributed by atoms with Crippen molar-refractivity contribution in [2.75, 3.05) is 0 Å². The maximum Gasteiger partial charge on any atom is 0.312 e. The summed E-state index contributed by atoms with van der Waals surface area (Å²) >= 11 is 0. The Balaban J connectivity index is 2.20. The van der Waals surface area contributed by atoms with E-state index < -0.39 is 4.92 Å². The number of hydrogen-bond donors (Lipinski definition) is 0. The first-order chi connectivity index (χ1) is 9.38. The summed E-state index contributed by atoms with van der Waals surface area (Å²) in [6, 6.07) is 0. The van der Waals surface area contributed by atoms with Gasteiger partial charge in [0.2, 0.25) is 5.89 Å². The van der Waals surface area contributed by atoms with E-state index >= 15 is 0 Å². The van der Waals surface area contributed by atoms with Crippen molar-refractivity contribution in [3.63, 3.8) is 0 Å². The Kier molecular flexibility index (Phi) is 3.82. The van der Waals surface area contributed by atoms with Crippen LogP contribution in [-0.2, 0) is 13.0 Å². The fourth-order valence-electron chi connectivity index (χ4n) is 2.03. The Morgan fingerprint density at radius 2 is 2.10 bits per heavy atom. The molecule has 2 heterocycles. The van der Waals surface area contributed by atoms with Gasteiger partial charge in [0, 0.05) is 6.42 Å². The summed E-state index contributed by atoms with van der Waals surface area (Å²) in [7, 11) is 0. The molecule has 8 heteroatoms. The van der Waals surface area contributed by atoms with Crippen molar-refractivity contribution < 1.29 is 9.45 Å². The van der Waals surface area contributed by atoms with E-state index in [4.69, 9.17) is 4.52 Å². The van der Waals surface area contributed by atoms with Gasteiger partial charge in [-0.3, -0.25) is 14.8 Å². The summed E-state index contributed by atoms with van der Waals surface area (Å²) in [5.74, 6) is 1.48. The third-order valence-electron chi connectivity index (χ3n) is 2.91. The Labute approximate surface area is 115 Å². The fraction of sp³-hybridized carbons (Fsp3) is 0.583. The molecular weight excluding hydrogens is 262 g/mol. The molecule has 0 amide bonds. The number of nitrogens with zero attached hydrogens (tertiary/aromatic N) is 5. The molecule has 0 fully saturated rings. The molecule has 2 aromatic heterocycles. The van der Waals surface area contributed by atoms with Gasteiger partial charge in [0.25, 0.3) is 0 Å². The summed E-state index contributed by atoms with van der Waals surface area (Å²) in [4.78, 5) is 14.8. The van der Waals surface area contributed by atoms with E-state index in [0.29, 0.717) is 35.4 Å². The van der Waals surface area contributed by atoms with E-state index in [-0.39, 0.29) is 12.2 Å². The van der Waals surface area contributed by atoms with Crippen LogP contribution in [0.3, 0.4) is 0 Å². The second-order valence-corrected chi connectivity index (χ2v) is 5.14. The predicted octanol–water partition coefficient (Wildman–Crippen LogP) is 2.04. The average Bonchev–Trinajstić information content (AvgIpc) is 2.84. The van der Waals surface area contributed by atoms with E-state index in [1.807, 2.05) is 0 Å². The molecule has 2 aromatic rings. The summed E-state index contributed by atoms with van der Waals surface area (Å²) in [6.45, 7) is 7.67. The normalized spacial score (nSPS) is 11.2. The van der Waals surface area contributed by atoms with Crippen molar-refractivity contribution in [2.45, 2.75) is 40.7 Å². The maximum absolute atomic E-state index is 10.9. The zero-order valence-electron chi connectivity index (χ0n) is 12.0. The minimum atomic E-state index is -0.422. The van der Waals surface area contributed by atoms with Crippen molar-refractivity contribution in [3.05, 3.63) is 33.2 Å². The van der Waals surface area contributed by atoms with Crippen LogP contribution in [-0.4, -0.2) is 24.8 Å². The van der Waals surface area contributed by atoms with E-state index in [1.54, 1.807) is 13.8 Å². The molecule has 0 spiro atoms. The first-order valence-electron chi connectivity index (χ1n) is 6.38. The highest BCUT2D eigenvalue weighted by Gasteiger charge is 2.22. The van der Waals surface area contributed by atoms with Gasteiger partial charge in [0.15, 0.2) is 5.82 Å². The molecule has 0 aliphatic heterocycles. The molecular formula is C12H17N5O3. The third kappa shape index (κ3) is 2.84. The van der Waals surface area contributed by atoms with Crippen molar-refractivity contribution in [3.8, 4) is 0 Å². The first kappa shape index (κ1) is 14.2. The zero-order valence-corrected chi connectivity index (χ0v) is 12.0. The van der Waals surface area contributed by atoms with Gasteiger partial charge in [-0.2, -0.15) is 10.1 Å². The minimum Gasteiger partial charge on any atom is -0.339 e. The van der Waals surface area contributed by atoms with Gasteiger partial charge in [0.1, 0.15) is 17.9 Å². The molecule has 0 aliphatic carbocycles. The van der Waals surface area contributed by atoms with Gasteiger partial charge in [-0.05, 0) is 19.8 Å². The third-order valence-corrected chi connectivity index (χ3v) is 2.91. The van der Waals surface area contributed by atoms with Gasteiger partial charge in [-0.1, -0.05) is 19.0 Å². The van der Waals surface area contributed by atoms with Crippen LogP contribution in [0.5, 0.6) is 0 Å². The lowest BCUT2D eigenvalue weighted by Crippen LogP contribution is -2.06. The minimum absolute atomic E-state index is 0.0379. The van der Waals surface area contributed by atoms with Crippen LogP contribution in [0.15, 0.2) is 4.52 Å². The Bertz CT molecular complexity index is 629. The molecule has 0 N–H and O–H groups in total. The Hall–Kier alpha value is -2.25. The number of nitro groups is 1. The fourth-order valence-corrected chi connectivity index (χ4v) is 2.03. The molecule has 0 atom stereocenters. The average molecular weight is 279 g/mol. The second-order valence-electron chi connectivity index (χ2n) is 5.14. The highest BCUT2D eigenvalue weighted by Crippen LogP contribution is 2.22. The summed E-state index contributed by atoms with van der Waals surface area (Å²) < 4.78 is 6.66. The van der Waals surface area contributed by atoms with Crippen molar-refractivity contribution in [1.29, 1.82) is 0 Å². The molecule has 0 saturated carbocycles. The van der Waals surface area contributed by atoms with Crippen molar-refractivity contribution >= 4 is 5.69 Å². The number of rotatable bonds is 5. The van der Waals surface area contributed by atoms with Gasteiger partial charge < -0.3 is 4.52 Å². The largest absolute Gasteiger partial charge is 0.339 e. The SMILES string of the molecule is Cc1nn(Cc2noc(CC(C)C)n2)c(C)c1[N+](=O)[O-]. The molecule has 0 unspecified atom stereocenters. The Morgan fingerprint density at radius 3 is 2.65 bits per heavy atom. The molecule has 2 rings (SSSR count). The zero-order chi connectivity index (χ0) is 14.9. The molecule has 0 bridgehead atoms. The number of hydrogen-bond acceptors (Lipinski definition) is 6. The summed E-state index contributed by atoms with van der Waals surface area (Å²) in [5.41, 5.74) is 0.914. The lowest BCUT2D eigenvalue weighted by atomic mass is 10.1. The second kappa shape index (κ2) is 5.40. The van der Waals surface area contributed by atoms with Gasteiger partial charge in [-0.15, -0.1) is 0 Å². The molecule has 0 radical (unpaired) electrons. The van der Waals surface area contributed by atoms with E-state index in [1.165, 1.54) is 4.68 Å². The Morgan fingerprint density at radius 1 is 1.40 bits per heavy atom. The maximum atomic E-state index is 10.9. The van der Waals surface area contributed by atoms with Crippen LogP contribution >= 0.6 is 0 Å².